The van der Waals surface area contributed by atoms with Crippen molar-refractivity contribution in [3.63, 3.8) is 0 Å². The summed E-state index contributed by atoms with van der Waals surface area (Å²) in [5.74, 6) is -0.0562. The molecule has 0 saturated carbocycles. The minimum absolute atomic E-state index is 0.0377. The number of hydrogen-bond acceptors (Lipinski definition) is 6. The van der Waals surface area contributed by atoms with Gasteiger partial charge in [0.15, 0.2) is 11.4 Å². The van der Waals surface area contributed by atoms with Crippen LogP contribution in [0.15, 0.2) is 114 Å². The molecule has 0 amide bonds. The molecule has 4 unspecified atom stereocenters. The molecule has 1 aromatic heterocycles. The molecule has 8 nitrogen and oxygen atoms in total. The Kier molecular flexibility index (Phi) is 9.91. The normalized spacial score (nSPS) is 20.1. The molecule has 1 fully saturated rings. The molecule has 0 bridgehead atoms. The predicted molar refractivity (Wildman–Crippen MR) is 178 cm³/mol. The number of sulfonamides is 1. The number of nitrogens with zero attached hydrogens (tertiary/aromatic N) is 2. The monoisotopic (exact) mass is 677 g/mol. The van der Waals surface area contributed by atoms with Crippen molar-refractivity contribution in [3.8, 4) is 11.1 Å². The average molecular weight is 679 g/mol. The topological polar surface area (TPSA) is 103 Å². The van der Waals surface area contributed by atoms with Crippen LogP contribution in [0.3, 0.4) is 0 Å². The Labute approximate surface area is 278 Å². The molecule has 2 heterocycles. The number of nitrogens with one attached hydrogen (secondary N) is 1. The Bertz CT molecular complexity index is 1880. The van der Waals surface area contributed by atoms with Gasteiger partial charge in [-0.15, -0.1) is 0 Å². The number of aliphatic hydroxyl groups is 1. The highest BCUT2D eigenvalue weighted by atomic mass is 35.5. The quantitative estimate of drug-likeness (QED) is 0.161. The van der Waals surface area contributed by atoms with Crippen LogP contribution in [0.5, 0.6) is 0 Å². The SMILES string of the molecule is CC1C(Cn2cnc(Cl)c2Cl)OC(c2ccc(-c3ccccc3CNS(=O)(=O)c3ccccc3)cc2)OC1c1ccc(CO)cc1. The molecule has 1 aliphatic heterocycles. The Morgan fingerprint density at radius 3 is 2.22 bits per heavy atom. The summed E-state index contributed by atoms with van der Waals surface area (Å²) in [6, 6.07) is 31.6. The van der Waals surface area contributed by atoms with E-state index in [0.29, 0.717) is 11.7 Å². The third-order valence-electron chi connectivity index (χ3n) is 8.25. The van der Waals surface area contributed by atoms with Crippen molar-refractivity contribution >= 4 is 33.2 Å². The highest BCUT2D eigenvalue weighted by Gasteiger charge is 2.39. The Hall–Kier alpha value is -3.54. The summed E-state index contributed by atoms with van der Waals surface area (Å²) in [7, 11) is -3.66. The zero-order valence-electron chi connectivity index (χ0n) is 25.0. The molecule has 1 aliphatic rings. The van der Waals surface area contributed by atoms with Gasteiger partial charge in [0, 0.05) is 18.0 Å². The fourth-order valence-corrected chi connectivity index (χ4v) is 6.96. The fourth-order valence-electron chi connectivity index (χ4n) is 5.62. The van der Waals surface area contributed by atoms with E-state index in [2.05, 4.69) is 16.6 Å². The number of aromatic nitrogens is 2. The van der Waals surface area contributed by atoms with Crippen molar-refractivity contribution < 1.29 is 23.0 Å². The number of ether oxygens (including phenoxy) is 2. The standard InChI is InChI=1S/C35H33Cl2N3O5S/c1-23-31(20-40-22-38-33(36)34(40)37)44-35(45-32(23)26-13-11-24(21-41)12-14-26)27-17-15-25(16-18-27)30-10-6-5-7-28(30)19-39-46(42,43)29-8-3-2-4-9-29/h2-18,22-23,31-32,35,39,41H,19-21H2,1H3. The third-order valence-corrected chi connectivity index (χ3v) is 10.4. The van der Waals surface area contributed by atoms with Crippen molar-refractivity contribution in [1.29, 1.82) is 0 Å². The lowest BCUT2D eigenvalue weighted by Crippen LogP contribution is -2.39. The maximum Gasteiger partial charge on any atom is 0.240 e. The van der Waals surface area contributed by atoms with E-state index in [1.807, 2.05) is 72.8 Å². The van der Waals surface area contributed by atoms with E-state index in [1.165, 1.54) is 0 Å². The van der Waals surface area contributed by atoms with E-state index in [1.54, 1.807) is 41.2 Å². The number of halogens is 2. The average Bonchev–Trinajstić information content (AvgIpc) is 3.41. The Morgan fingerprint density at radius 1 is 0.870 bits per heavy atom. The largest absolute Gasteiger partial charge is 0.392 e. The summed E-state index contributed by atoms with van der Waals surface area (Å²) in [6.45, 7) is 2.60. The van der Waals surface area contributed by atoms with E-state index >= 15 is 0 Å². The van der Waals surface area contributed by atoms with Crippen molar-refractivity contribution in [1.82, 2.24) is 14.3 Å². The second kappa shape index (κ2) is 14.1. The number of rotatable bonds is 10. The van der Waals surface area contributed by atoms with Crippen molar-refractivity contribution in [3.05, 3.63) is 142 Å². The summed E-state index contributed by atoms with van der Waals surface area (Å²) in [6.07, 6.45) is 0.334. The van der Waals surface area contributed by atoms with Crippen LogP contribution in [0.4, 0.5) is 0 Å². The van der Waals surface area contributed by atoms with E-state index < -0.39 is 16.3 Å². The number of benzene rings is 4. The lowest BCUT2D eigenvalue weighted by atomic mass is 9.90. The zero-order valence-corrected chi connectivity index (χ0v) is 27.3. The Morgan fingerprint density at radius 2 is 1.54 bits per heavy atom. The van der Waals surface area contributed by atoms with Gasteiger partial charge in [-0.3, -0.25) is 0 Å². The minimum Gasteiger partial charge on any atom is -0.392 e. The number of aliphatic hydroxyl groups excluding tert-OH is 1. The van der Waals surface area contributed by atoms with Gasteiger partial charge in [-0.2, -0.15) is 0 Å². The maximum atomic E-state index is 12.8. The van der Waals surface area contributed by atoms with Crippen LogP contribution in [0.2, 0.25) is 10.3 Å². The molecule has 4 aromatic carbocycles. The predicted octanol–water partition coefficient (Wildman–Crippen LogP) is 7.32. The molecule has 6 rings (SSSR count). The van der Waals surface area contributed by atoms with Crippen molar-refractivity contribution in [2.24, 2.45) is 5.92 Å². The summed E-state index contributed by atoms with van der Waals surface area (Å²) < 4.78 is 43.3. The molecule has 238 valence electrons. The molecule has 46 heavy (non-hydrogen) atoms. The summed E-state index contributed by atoms with van der Waals surface area (Å²) in [4.78, 5) is 4.34. The first kappa shape index (κ1) is 32.4. The van der Waals surface area contributed by atoms with Gasteiger partial charge in [-0.25, -0.2) is 18.1 Å². The van der Waals surface area contributed by atoms with Gasteiger partial charge in [0.1, 0.15) is 5.15 Å². The first-order valence-corrected chi connectivity index (χ1v) is 17.1. The molecule has 2 N–H and O–H groups in total. The molecule has 5 aromatic rings. The molecule has 0 spiro atoms. The van der Waals surface area contributed by atoms with Crippen LogP contribution in [0.1, 0.15) is 41.6 Å². The number of hydrogen-bond donors (Lipinski definition) is 2. The van der Waals surface area contributed by atoms with Gasteiger partial charge in [0.05, 0.1) is 36.6 Å². The van der Waals surface area contributed by atoms with Crippen LogP contribution in [0, 0.1) is 5.92 Å². The van der Waals surface area contributed by atoms with Gasteiger partial charge in [0.2, 0.25) is 10.0 Å². The zero-order chi connectivity index (χ0) is 32.3. The minimum atomic E-state index is -3.66. The van der Waals surface area contributed by atoms with Crippen molar-refractivity contribution in [2.45, 2.75) is 50.0 Å². The van der Waals surface area contributed by atoms with E-state index in [9.17, 15) is 13.5 Å². The molecular weight excluding hydrogens is 645 g/mol. The van der Waals surface area contributed by atoms with Crippen LogP contribution >= 0.6 is 23.2 Å². The number of imidazole rings is 1. The van der Waals surface area contributed by atoms with Gasteiger partial charge in [0.25, 0.3) is 0 Å². The maximum absolute atomic E-state index is 12.8. The molecule has 1 saturated heterocycles. The van der Waals surface area contributed by atoms with E-state index in [-0.39, 0.29) is 41.3 Å². The highest BCUT2D eigenvalue weighted by Crippen LogP contribution is 2.43. The first-order chi connectivity index (χ1) is 22.2. The second-order valence-corrected chi connectivity index (χ2v) is 13.7. The van der Waals surface area contributed by atoms with E-state index in [0.717, 1.165) is 33.4 Å². The summed E-state index contributed by atoms with van der Waals surface area (Å²) in [5, 5.41) is 10.1. The van der Waals surface area contributed by atoms with E-state index in [4.69, 9.17) is 32.7 Å². The second-order valence-electron chi connectivity index (χ2n) is 11.2. The van der Waals surface area contributed by atoms with Crippen LogP contribution in [0.25, 0.3) is 11.1 Å². The molecule has 11 heteroatoms. The first-order valence-electron chi connectivity index (χ1n) is 14.8. The van der Waals surface area contributed by atoms with Gasteiger partial charge < -0.3 is 19.1 Å². The summed E-state index contributed by atoms with van der Waals surface area (Å²) in [5.41, 5.74) is 5.30. The Balaban J connectivity index is 1.25. The van der Waals surface area contributed by atoms with Gasteiger partial charge in [-0.1, -0.05) is 121 Å². The summed E-state index contributed by atoms with van der Waals surface area (Å²) >= 11 is 12.5. The molecular formula is C35H33Cl2N3O5S. The molecule has 4 atom stereocenters. The van der Waals surface area contributed by atoms with Crippen LogP contribution < -0.4 is 4.72 Å². The lowest BCUT2D eigenvalue weighted by Gasteiger charge is -2.41. The fraction of sp³-hybridized carbons (Fsp3) is 0.229. The van der Waals surface area contributed by atoms with Gasteiger partial charge >= 0.3 is 0 Å². The highest BCUT2D eigenvalue weighted by molar-refractivity contribution is 7.89. The van der Waals surface area contributed by atoms with Gasteiger partial charge in [-0.05, 0) is 39.9 Å². The lowest BCUT2D eigenvalue weighted by molar-refractivity contribution is -0.276. The van der Waals surface area contributed by atoms with Crippen LogP contribution in [-0.4, -0.2) is 29.2 Å². The van der Waals surface area contributed by atoms with Crippen LogP contribution in [-0.2, 0) is 39.2 Å². The van der Waals surface area contributed by atoms with Crippen molar-refractivity contribution in [2.75, 3.05) is 0 Å². The smallest absolute Gasteiger partial charge is 0.240 e. The molecule has 0 aliphatic carbocycles. The third kappa shape index (κ3) is 7.06. The molecule has 0 radical (unpaired) electrons.